The van der Waals surface area contributed by atoms with Crippen LogP contribution in [0.3, 0.4) is 0 Å². The molecule has 0 aliphatic rings. The Morgan fingerprint density at radius 2 is 1.76 bits per heavy atom. The minimum absolute atomic E-state index is 0.626. The Morgan fingerprint density at radius 1 is 1.10 bits per heavy atom. The van der Waals surface area contributed by atoms with E-state index in [0.29, 0.717) is 18.3 Å². The molecular formula is C16H23N3O2. The van der Waals surface area contributed by atoms with Gasteiger partial charge in [-0.1, -0.05) is 19.0 Å². The zero-order valence-electron chi connectivity index (χ0n) is 13.0. The average molecular weight is 289 g/mol. The van der Waals surface area contributed by atoms with E-state index in [4.69, 9.17) is 9.26 Å². The van der Waals surface area contributed by atoms with Crippen LogP contribution in [0.1, 0.15) is 32.6 Å². The van der Waals surface area contributed by atoms with Crippen LogP contribution in [0.4, 0.5) is 0 Å². The predicted molar refractivity (Wildman–Crippen MR) is 82.1 cm³/mol. The summed E-state index contributed by atoms with van der Waals surface area (Å²) in [7, 11) is 1.65. The van der Waals surface area contributed by atoms with E-state index in [0.717, 1.165) is 37.2 Å². The van der Waals surface area contributed by atoms with E-state index in [2.05, 4.69) is 28.9 Å². The third-order valence-corrected chi connectivity index (χ3v) is 3.25. The van der Waals surface area contributed by atoms with Crippen LogP contribution in [0, 0.1) is 0 Å². The van der Waals surface area contributed by atoms with Crippen LogP contribution in [0.5, 0.6) is 5.75 Å². The van der Waals surface area contributed by atoms with Crippen LogP contribution in [0.15, 0.2) is 28.8 Å². The summed E-state index contributed by atoms with van der Waals surface area (Å²) >= 11 is 0. The number of ether oxygens (including phenoxy) is 1. The first-order valence-corrected chi connectivity index (χ1v) is 7.46. The molecule has 0 saturated carbocycles. The van der Waals surface area contributed by atoms with Crippen molar-refractivity contribution < 1.29 is 9.26 Å². The molecule has 2 aromatic rings. The Balaban J connectivity index is 2.05. The first kappa shape index (κ1) is 15.5. The number of benzene rings is 1. The fourth-order valence-electron chi connectivity index (χ4n) is 2.27. The third-order valence-electron chi connectivity index (χ3n) is 3.25. The lowest BCUT2D eigenvalue weighted by molar-refractivity contribution is 0.227. The van der Waals surface area contributed by atoms with Gasteiger partial charge in [-0.2, -0.15) is 4.98 Å². The second-order valence-electron chi connectivity index (χ2n) is 5.02. The minimum Gasteiger partial charge on any atom is -0.497 e. The number of methoxy groups -OCH3 is 1. The normalized spacial score (nSPS) is 11.0. The van der Waals surface area contributed by atoms with E-state index < -0.39 is 0 Å². The summed E-state index contributed by atoms with van der Waals surface area (Å²) < 4.78 is 10.5. The van der Waals surface area contributed by atoms with Crippen LogP contribution in [-0.4, -0.2) is 35.2 Å². The van der Waals surface area contributed by atoms with Crippen LogP contribution >= 0.6 is 0 Å². The Bertz CT molecular complexity index is 531. The summed E-state index contributed by atoms with van der Waals surface area (Å²) in [5, 5.41) is 4.06. The highest BCUT2D eigenvalue weighted by Gasteiger charge is 2.12. The molecule has 0 aliphatic heterocycles. The summed E-state index contributed by atoms with van der Waals surface area (Å²) in [6, 6.07) is 7.66. The van der Waals surface area contributed by atoms with Crippen molar-refractivity contribution in [1.82, 2.24) is 15.0 Å². The van der Waals surface area contributed by atoms with E-state index in [1.54, 1.807) is 7.11 Å². The van der Waals surface area contributed by atoms with E-state index in [1.165, 1.54) is 0 Å². The molecule has 21 heavy (non-hydrogen) atoms. The Kier molecular flexibility index (Phi) is 5.75. The van der Waals surface area contributed by atoms with Gasteiger partial charge in [-0.25, -0.2) is 0 Å². The Labute approximate surface area is 125 Å². The van der Waals surface area contributed by atoms with Gasteiger partial charge in [-0.15, -0.1) is 0 Å². The minimum atomic E-state index is 0.626. The maximum Gasteiger partial charge on any atom is 0.241 e. The van der Waals surface area contributed by atoms with Crippen molar-refractivity contribution in [3.63, 3.8) is 0 Å². The largest absolute Gasteiger partial charge is 0.497 e. The van der Waals surface area contributed by atoms with Crippen molar-refractivity contribution >= 4 is 0 Å². The number of nitrogens with zero attached hydrogens (tertiary/aromatic N) is 3. The van der Waals surface area contributed by atoms with Gasteiger partial charge in [-0.05, 0) is 50.2 Å². The molecule has 0 radical (unpaired) electrons. The molecule has 0 bridgehead atoms. The highest BCUT2D eigenvalue weighted by Crippen LogP contribution is 2.20. The van der Waals surface area contributed by atoms with Gasteiger partial charge in [0.05, 0.1) is 13.7 Å². The molecule has 0 saturated heterocycles. The van der Waals surface area contributed by atoms with Crippen molar-refractivity contribution in [2.75, 3.05) is 20.2 Å². The summed E-state index contributed by atoms with van der Waals surface area (Å²) in [6.07, 6.45) is 2.25. The SMILES string of the molecule is CCCN(CCC)Cc1nc(-c2ccc(OC)cc2)no1. The average Bonchev–Trinajstić information content (AvgIpc) is 2.96. The number of hydrogen-bond acceptors (Lipinski definition) is 5. The van der Waals surface area contributed by atoms with Gasteiger partial charge in [0.25, 0.3) is 0 Å². The quantitative estimate of drug-likeness (QED) is 0.745. The summed E-state index contributed by atoms with van der Waals surface area (Å²) in [6.45, 7) is 7.17. The standard InChI is InChI=1S/C16H23N3O2/c1-4-10-19(11-5-2)12-15-17-16(18-21-15)13-6-8-14(20-3)9-7-13/h6-9H,4-5,10-12H2,1-3H3. The Morgan fingerprint density at radius 3 is 2.33 bits per heavy atom. The summed E-state index contributed by atoms with van der Waals surface area (Å²) in [5.74, 6) is 2.11. The molecule has 0 aliphatic carbocycles. The van der Waals surface area contributed by atoms with E-state index in [9.17, 15) is 0 Å². The number of hydrogen-bond donors (Lipinski definition) is 0. The van der Waals surface area contributed by atoms with Crippen LogP contribution < -0.4 is 4.74 Å². The van der Waals surface area contributed by atoms with Gasteiger partial charge >= 0.3 is 0 Å². The van der Waals surface area contributed by atoms with Gasteiger partial charge in [0.2, 0.25) is 11.7 Å². The van der Waals surface area contributed by atoms with Crippen molar-refractivity contribution in [3.8, 4) is 17.1 Å². The van der Waals surface area contributed by atoms with Gasteiger partial charge in [-0.3, -0.25) is 4.90 Å². The van der Waals surface area contributed by atoms with Crippen molar-refractivity contribution in [3.05, 3.63) is 30.2 Å². The molecule has 114 valence electrons. The lowest BCUT2D eigenvalue weighted by atomic mass is 10.2. The monoisotopic (exact) mass is 289 g/mol. The van der Waals surface area contributed by atoms with E-state index in [-0.39, 0.29) is 0 Å². The van der Waals surface area contributed by atoms with Gasteiger partial charge in [0, 0.05) is 5.56 Å². The van der Waals surface area contributed by atoms with E-state index >= 15 is 0 Å². The predicted octanol–water partition coefficient (Wildman–Crippen LogP) is 3.37. The molecule has 5 nitrogen and oxygen atoms in total. The molecule has 0 atom stereocenters. The second kappa shape index (κ2) is 7.78. The molecule has 1 aromatic carbocycles. The molecule has 1 aromatic heterocycles. The van der Waals surface area contributed by atoms with Gasteiger partial charge < -0.3 is 9.26 Å². The molecule has 0 unspecified atom stereocenters. The number of rotatable bonds is 8. The first-order chi connectivity index (χ1) is 10.3. The lowest BCUT2D eigenvalue weighted by Gasteiger charge is -2.18. The van der Waals surface area contributed by atoms with Crippen LogP contribution in [0.2, 0.25) is 0 Å². The zero-order valence-corrected chi connectivity index (χ0v) is 13.0. The molecule has 1 heterocycles. The summed E-state index contributed by atoms with van der Waals surface area (Å²) in [5.41, 5.74) is 0.934. The van der Waals surface area contributed by atoms with Crippen molar-refractivity contribution in [2.24, 2.45) is 0 Å². The van der Waals surface area contributed by atoms with E-state index in [1.807, 2.05) is 24.3 Å². The molecule has 0 amide bonds. The molecule has 5 heteroatoms. The summed E-state index contributed by atoms with van der Waals surface area (Å²) in [4.78, 5) is 6.82. The molecule has 2 rings (SSSR count). The maximum absolute atomic E-state index is 5.36. The van der Waals surface area contributed by atoms with Crippen LogP contribution in [-0.2, 0) is 6.54 Å². The fourth-order valence-corrected chi connectivity index (χ4v) is 2.27. The smallest absolute Gasteiger partial charge is 0.241 e. The molecule has 0 N–H and O–H groups in total. The zero-order chi connectivity index (χ0) is 15.1. The first-order valence-electron chi connectivity index (χ1n) is 7.46. The topological polar surface area (TPSA) is 51.4 Å². The highest BCUT2D eigenvalue weighted by molar-refractivity contribution is 5.55. The molecule has 0 fully saturated rings. The molecule has 0 spiro atoms. The highest BCUT2D eigenvalue weighted by atomic mass is 16.5. The van der Waals surface area contributed by atoms with Crippen molar-refractivity contribution in [1.29, 1.82) is 0 Å². The Hall–Kier alpha value is -1.88. The number of aromatic nitrogens is 2. The second-order valence-corrected chi connectivity index (χ2v) is 5.02. The van der Waals surface area contributed by atoms with Crippen LogP contribution in [0.25, 0.3) is 11.4 Å². The lowest BCUT2D eigenvalue weighted by Crippen LogP contribution is -2.25. The third kappa shape index (κ3) is 4.29. The maximum atomic E-state index is 5.36. The van der Waals surface area contributed by atoms with Gasteiger partial charge in [0.15, 0.2) is 0 Å². The van der Waals surface area contributed by atoms with Gasteiger partial charge in [0.1, 0.15) is 5.75 Å². The van der Waals surface area contributed by atoms with Crippen molar-refractivity contribution in [2.45, 2.75) is 33.2 Å². The fraction of sp³-hybridized carbons (Fsp3) is 0.500. The molecular weight excluding hydrogens is 266 g/mol.